The summed E-state index contributed by atoms with van der Waals surface area (Å²) in [6.07, 6.45) is 6.13. The molecule has 1 aliphatic heterocycles. The minimum atomic E-state index is -2.95. The molecule has 2 aromatic rings. The molecule has 0 aromatic carbocycles. The first-order chi connectivity index (χ1) is 15.3. The molecule has 9 heteroatoms. The molecule has 4 atom stereocenters. The van der Waals surface area contributed by atoms with Crippen molar-refractivity contribution < 1.29 is 13.5 Å². The minimum absolute atomic E-state index is 0.0516. The van der Waals surface area contributed by atoms with Crippen molar-refractivity contribution in [2.75, 3.05) is 39.0 Å². The number of anilines is 1. The number of aromatic nitrogens is 3. The van der Waals surface area contributed by atoms with Crippen molar-refractivity contribution in [2.24, 2.45) is 11.8 Å². The molecule has 1 saturated heterocycles. The Kier molecular flexibility index (Phi) is 5.57. The number of nitrogens with zero attached hydrogens (tertiary/aromatic N) is 5. The normalized spacial score (nSPS) is 28.5. The molecule has 2 unspecified atom stereocenters. The van der Waals surface area contributed by atoms with E-state index in [0.29, 0.717) is 29.5 Å². The van der Waals surface area contributed by atoms with Crippen molar-refractivity contribution in [3.05, 3.63) is 24.3 Å². The Labute approximate surface area is 187 Å². The number of ether oxygens (including phenoxy) is 1. The van der Waals surface area contributed by atoms with Crippen molar-refractivity contribution in [1.29, 1.82) is 0 Å². The fourth-order valence-electron chi connectivity index (χ4n) is 5.67. The van der Waals surface area contributed by atoms with Crippen LogP contribution in [0.15, 0.2) is 18.5 Å². The van der Waals surface area contributed by atoms with Crippen LogP contribution in [0.25, 0.3) is 11.3 Å². The SMILES string of the molecule is CC(C)c1nc(-c2cnc(N)c(OC(F)F)c2)cn1C1[C@H]2CC(N3CCN(C)CC3)C[C@@H]12. The van der Waals surface area contributed by atoms with E-state index in [1.165, 1.54) is 32.0 Å². The molecule has 3 aliphatic rings. The van der Waals surface area contributed by atoms with Gasteiger partial charge in [-0.3, -0.25) is 4.90 Å². The third-order valence-corrected chi connectivity index (χ3v) is 7.42. The number of halogens is 2. The minimum Gasteiger partial charge on any atom is -0.431 e. The largest absolute Gasteiger partial charge is 0.431 e. The fraction of sp³-hybridized carbons (Fsp3) is 0.652. The van der Waals surface area contributed by atoms with E-state index in [0.717, 1.165) is 24.6 Å². The van der Waals surface area contributed by atoms with E-state index in [1.54, 1.807) is 6.20 Å². The van der Waals surface area contributed by atoms with Gasteiger partial charge in [0.05, 0.1) is 5.69 Å². The number of hydrogen-bond donors (Lipinski definition) is 1. The van der Waals surface area contributed by atoms with Crippen LogP contribution < -0.4 is 10.5 Å². The predicted octanol–water partition coefficient (Wildman–Crippen LogP) is 3.45. The molecule has 2 aromatic heterocycles. The Morgan fingerprint density at radius 2 is 1.81 bits per heavy atom. The van der Waals surface area contributed by atoms with Crippen LogP contribution in [0.3, 0.4) is 0 Å². The van der Waals surface area contributed by atoms with E-state index in [2.05, 4.69) is 51.2 Å². The Morgan fingerprint density at radius 1 is 1.12 bits per heavy atom. The number of rotatable bonds is 6. The van der Waals surface area contributed by atoms with Crippen LogP contribution in [0.2, 0.25) is 0 Å². The number of likely N-dealkylation sites (N-methyl/N-ethyl adjacent to an activating group) is 1. The Morgan fingerprint density at radius 3 is 2.44 bits per heavy atom. The van der Waals surface area contributed by atoms with Crippen molar-refractivity contribution in [1.82, 2.24) is 24.3 Å². The summed E-state index contributed by atoms with van der Waals surface area (Å²) in [5.74, 6) is 2.52. The number of piperazine rings is 1. The summed E-state index contributed by atoms with van der Waals surface area (Å²) in [6.45, 7) is 5.99. The summed E-state index contributed by atoms with van der Waals surface area (Å²) in [6, 6.07) is 2.69. The molecular weight excluding hydrogens is 414 g/mol. The van der Waals surface area contributed by atoms with Crippen molar-refractivity contribution in [3.8, 4) is 17.0 Å². The quantitative estimate of drug-likeness (QED) is 0.733. The molecule has 2 N–H and O–H groups in total. The van der Waals surface area contributed by atoms with Crippen LogP contribution in [0.4, 0.5) is 14.6 Å². The molecule has 3 fully saturated rings. The molecule has 3 heterocycles. The van der Waals surface area contributed by atoms with Gasteiger partial charge in [-0.05, 0) is 37.8 Å². The molecule has 174 valence electrons. The Hall–Kier alpha value is -2.26. The van der Waals surface area contributed by atoms with Gasteiger partial charge < -0.3 is 19.9 Å². The summed E-state index contributed by atoms with van der Waals surface area (Å²) >= 11 is 0. The molecule has 0 bridgehead atoms. The van der Waals surface area contributed by atoms with E-state index in [1.807, 2.05) is 0 Å². The zero-order chi connectivity index (χ0) is 22.6. The van der Waals surface area contributed by atoms with Gasteiger partial charge in [0.2, 0.25) is 0 Å². The average molecular weight is 447 g/mol. The maximum absolute atomic E-state index is 12.7. The highest BCUT2D eigenvalue weighted by molar-refractivity contribution is 5.64. The Bertz CT molecular complexity index is 959. The lowest BCUT2D eigenvalue weighted by molar-refractivity contribution is -0.0494. The monoisotopic (exact) mass is 446 g/mol. The highest BCUT2D eigenvalue weighted by atomic mass is 19.3. The summed E-state index contributed by atoms with van der Waals surface area (Å²) in [4.78, 5) is 14.0. The van der Waals surface area contributed by atoms with Gasteiger partial charge in [0.1, 0.15) is 5.82 Å². The molecule has 0 radical (unpaired) electrons. The maximum atomic E-state index is 12.7. The van der Waals surface area contributed by atoms with Crippen LogP contribution in [0.5, 0.6) is 5.75 Å². The fourth-order valence-corrected chi connectivity index (χ4v) is 5.67. The second-order valence-corrected chi connectivity index (χ2v) is 9.81. The van der Waals surface area contributed by atoms with E-state index < -0.39 is 6.61 Å². The highest BCUT2D eigenvalue weighted by Gasteiger charge is 2.58. The van der Waals surface area contributed by atoms with E-state index in [9.17, 15) is 8.78 Å². The number of imidazole rings is 1. The molecule has 32 heavy (non-hydrogen) atoms. The second-order valence-electron chi connectivity index (χ2n) is 9.81. The molecule has 0 amide bonds. The maximum Gasteiger partial charge on any atom is 0.387 e. The van der Waals surface area contributed by atoms with Crippen LogP contribution in [-0.2, 0) is 0 Å². The number of pyridine rings is 1. The topological polar surface area (TPSA) is 72.4 Å². The zero-order valence-corrected chi connectivity index (χ0v) is 18.9. The lowest BCUT2D eigenvalue weighted by Crippen LogP contribution is -2.48. The van der Waals surface area contributed by atoms with Gasteiger partial charge in [-0.15, -0.1) is 0 Å². The van der Waals surface area contributed by atoms with Crippen LogP contribution in [0.1, 0.15) is 44.5 Å². The number of nitrogen functional groups attached to an aromatic ring is 1. The molecule has 2 aliphatic carbocycles. The van der Waals surface area contributed by atoms with Crippen molar-refractivity contribution >= 4 is 5.82 Å². The molecule has 5 rings (SSSR count). The highest BCUT2D eigenvalue weighted by Crippen LogP contribution is 2.62. The second kappa shape index (κ2) is 8.26. The molecule has 2 saturated carbocycles. The summed E-state index contributed by atoms with van der Waals surface area (Å²) < 4.78 is 32.3. The predicted molar refractivity (Wildman–Crippen MR) is 119 cm³/mol. The third-order valence-electron chi connectivity index (χ3n) is 7.42. The van der Waals surface area contributed by atoms with E-state index >= 15 is 0 Å². The lowest BCUT2D eigenvalue weighted by atomic mass is 10.1. The first kappa shape index (κ1) is 21.6. The van der Waals surface area contributed by atoms with Gasteiger partial charge in [0.25, 0.3) is 0 Å². The number of alkyl halides is 2. The lowest BCUT2D eigenvalue weighted by Gasteiger charge is -2.37. The first-order valence-corrected chi connectivity index (χ1v) is 11.5. The number of hydrogen-bond acceptors (Lipinski definition) is 6. The molecule has 0 spiro atoms. The number of fused-ring (bicyclic) bond motifs is 1. The number of nitrogens with two attached hydrogens (primary N) is 1. The van der Waals surface area contributed by atoms with Crippen molar-refractivity contribution in [3.63, 3.8) is 0 Å². The van der Waals surface area contributed by atoms with Crippen molar-refractivity contribution in [2.45, 2.75) is 51.3 Å². The summed E-state index contributed by atoms with van der Waals surface area (Å²) in [7, 11) is 2.20. The summed E-state index contributed by atoms with van der Waals surface area (Å²) in [5, 5.41) is 0. The van der Waals surface area contributed by atoms with Gasteiger partial charge in [0, 0.05) is 62.1 Å². The van der Waals surface area contributed by atoms with Gasteiger partial charge in [0.15, 0.2) is 11.6 Å². The van der Waals surface area contributed by atoms with Gasteiger partial charge >= 0.3 is 6.61 Å². The zero-order valence-electron chi connectivity index (χ0n) is 18.9. The van der Waals surface area contributed by atoms with Gasteiger partial charge in [-0.25, -0.2) is 9.97 Å². The van der Waals surface area contributed by atoms with Gasteiger partial charge in [-0.2, -0.15) is 8.78 Å². The smallest absolute Gasteiger partial charge is 0.387 e. The van der Waals surface area contributed by atoms with E-state index in [-0.39, 0.29) is 17.5 Å². The third kappa shape index (κ3) is 3.96. The van der Waals surface area contributed by atoms with Crippen LogP contribution >= 0.6 is 0 Å². The van der Waals surface area contributed by atoms with E-state index in [4.69, 9.17) is 10.7 Å². The molecular formula is C23H32F2N6O. The Balaban J connectivity index is 1.34. The molecule has 7 nitrogen and oxygen atoms in total. The van der Waals surface area contributed by atoms with Crippen LogP contribution in [0, 0.1) is 11.8 Å². The average Bonchev–Trinajstić information content (AvgIpc) is 3.09. The van der Waals surface area contributed by atoms with Crippen LogP contribution in [-0.4, -0.2) is 70.2 Å². The summed E-state index contributed by atoms with van der Waals surface area (Å²) in [5.41, 5.74) is 7.06. The van der Waals surface area contributed by atoms with Gasteiger partial charge in [-0.1, -0.05) is 13.8 Å². The first-order valence-electron chi connectivity index (χ1n) is 11.5. The standard InChI is InChI=1S/C23H32F2N6O/c1-13(2)22-28-18(14-8-19(32-23(24)25)21(26)27-11-14)12-31(22)20-16-9-15(10-17(16)20)30-6-4-29(3)5-7-30/h8,11-13,15-17,20,23H,4-7,9-10H2,1-3H3,(H2,26,27)/t15?,16-,17+,20?.